The van der Waals surface area contributed by atoms with Crippen molar-refractivity contribution in [2.75, 3.05) is 6.26 Å². The SMILES string of the molecule is C=C(C(/C=C/[C@@H](O)C[C@@H](O)CC(=O)O)=C(\N=C(N)N(C(CC)CCCC)S(C)(=O)=O)C(C)C)c1ccc(F)cc1. The number of nitrogens with two attached hydrogens (primary N) is 1. The Labute approximate surface area is 237 Å². The van der Waals surface area contributed by atoms with Gasteiger partial charge in [-0.15, -0.1) is 0 Å². The van der Waals surface area contributed by atoms with Crippen LogP contribution in [0.5, 0.6) is 0 Å². The molecule has 3 atom stereocenters. The van der Waals surface area contributed by atoms with Crippen LogP contribution in [0.3, 0.4) is 0 Å². The van der Waals surface area contributed by atoms with Crippen LogP contribution in [0.1, 0.15) is 71.8 Å². The summed E-state index contributed by atoms with van der Waals surface area (Å²) in [6.45, 7) is 11.7. The Morgan fingerprint density at radius 1 is 1.20 bits per heavy atom. The second-order valence-corrected chi connectivity index (χ2v) is 11.9. The summed E-state index contributed by atoms with van der Waals surface area (Å²) in [6.07, 6.45) is 3.60. The number of hydrogen-bond donors (Lipinski definition) is 4. The van der Waals surface area contributed by atoms with E-state index in [4.69, 9.17) is 10.8 Å². The third-order valence-electron chi connectivity index (χ3n) is 6.26. The molecule has 0 amide bonds. The third kappa shape index (κ3) is 11.2. The summed E-state index contributed by atoms with van der Waals surface area (Å²) in [7, 11) is -3.77. The molecule has 5 N–H and O–H groups in total. The van der Waals surface area contributed by atoms with Gasteiger partial charge in [0.25, 0.3) is 0 Å². The van der Waals surface area contributed by atoms with Crippen LogP contribution in [-0.4, -0.2) is 64.5 Å². The number of halogens is 1. The van der Waals surface area contributed by atoms with E-state index < -0.39 is 40.4 Å². The molecule has 11 heteroatoms. The van der Waals surface area contributed by atoms with Crippen molar-refractivity contribution in [3.05, 3.63) is 65.6 Å². The standard InChI is InChI=1S/C29H44FN3O6S/c1-7-9-10-23(8-2)33(40(6,38)39)29(31)32-28(19(3)4)26(20(5)21-11-13-22(30)14-12-21)16-15-24(34)17-25(35)18-27(36)37/h11-16,19,23-25,34-35H,5,7-10,17-18H2,1-4,6H3,(H2,31,32)(H,36,37)/b16-15+,28-26-/t23?,24-,25-/m1/s1. The van der Waals surface area contributed by atoms with Crippen molar-refractivity contribution in [3.8, 4) is 0 Å². The Kier molecular flexibility index (Phi) is 14.3. The van der Waals surface area contributed by atoms with Crippen LogP contribution in [0.4, 0.5) is 4.39 Å². The molecule has 0 bridgehead atoms. The molecular weight excluding hydrogens is 537 g/mol. The maximum absolute atomic E-state index is 13.6. The van der Waals surface area contributed by atoms with E-state index in [0.29, 0.717) is 35.2 Å². The molecule has 0 saturated heterocycles. The summed E-state index contributed by atoms with van der Waals surface area (Å²) < 4.78 is 40.4. The van der Waals surface area contributed by atoms with Gasteiger partial charge in [-0.2, -0.15) is 0 Å². The highest BCUT2D eigenvalue weighted by atomic mass is 32.2. The number of aliphatic hydroxyl groups excluding tert-OH is 2. The zero-order chi connectivity index (χ0) is 30.6. The van der Waals surface area contributed by atoms with E-state index >= 15 is 0 Å². The summed E-state index contributed by atoms with van der Waals surface area (Å²) in [6, 6.07) is 5.23. The van der Waals surface area contributed by atoms with E-state index in [1.54, 1.807) is 0 Å². The number of benzene rings is 1. The fourth-order valence-corrected chi connectivity index (χ4v) is 5.40. The first-order valence-electron chi connectivity index (χ1n) is 13.4. The van der Waals surface area contributed by atoms with Crippen LogP contribution in [0.2, 0.25) is 0 Å². The van der Waals surface area contributed by atoms with E-state index in [0.717, 1.165) is 23.4 Å². The maximum Gasteiger partial charge on any atom is 0.305 e. The molecule has 0 fully saturated rings. The first-order chi connectivity index (χ1) is 18.6. The lowest BCUT2D eigenvalue weighted by Crippen LogP contribution is -2.48. The van der Waals surface area contributed by atoms with Crippen molar-refractivity contribution in [2.24, 2.45) is 16.6 Å². The van der Waals surface area contributed by atoms with E-state index in [1.807, 2.05) is 27.7 Å². The molecule has 0 saturated carbocycles. The number of unbranched alkanes of at least 4 members (excludes halogenated alkanes) is 1. The monoisotopic (exact) mass is 581 g/mol. The van der Waals surface area contributed by atoms with Gasteiger partial charge in [0.1, 0.15) is 5.82 Å². The van der Waals surface area contributed by atoms with Crippen LogP contribution in [0.25, 0.3) is 5.57 Å². The molecule has 1 aromatic rings. The summed E-state index contributed by atoms with van der Waals surface area (Å²) >= 11 is 0. The molecule has 9 nitrogen and oxygen atoms in total. The van der Waals surface area contributed by atoms with Crippen molar-refractivity contribution in [1.29, 1.82) is 0 Å². The van der Waals surface area contributed by atoms with Crippen LogP contribution in [-0.2, 0) is 14.8 Å². The zero-order valence-corrected chi connectivity index (χ0v) is 24.9. The number of aliphatic hydroxyl groups is 2. The molecule has 1 unspecified atom stereocenters. The van der Waals surface area contributed by atoms with Gasteiger partial charge in [0.2, 0.25) is 16.0 Å². The van der Waals surface area contributed by atoms with Gasteiger partial charge in [0, 0.05) is 18.0 Å². The van der Waals surface area contributed by atoms with E-state index in [9.17, 15) is 27.8 Å². The molecule has 1 rings (SSSR count). The average molecular weight is 582 g/mol. The molecule has 0 aliphatic heterocycles. The molecule has 0 aliphatic carbocycles. The number of allylic oxidation sites excluding steroid dienone is 4. The summed E-state index contributed by atoms with van der Waals surface area (Å²) in [5, 5.41) is 29.3. The predicted octanol–water partition coefficient (Wildman–Crippen LogP) is 4.44. The number of aliphatic imine (C=N–C) groups is 1. The highest BCUT2D eigenvalue weighted by molar-refractivity contribution is 7.88. The lowest BCUT2D eigenvalue weighted by molar-refractivity contribution is -0.139. The molecule has 0 radical (unpaired) electrons. The summed E-state index contributed by atoms with van der Waals surface area (Å²) in [5.41, 5.74) is 8.13. The van der Waals surface area contributed by atoms with Gasteiger partial charge in [0.05, 0.1) is 30.6 Å². The van der Waals surface area contributed by atoms with Gasteiger partial charge in [-0.05, 0) is 42.0 Å². The van der Waals surface area contributed by atoms with Gasteiger partial charge in [-0.3, -0.25) is 4.79 Å². The predicted molar refractivity (Wildman–Crippen MR) is 157 cm³/mol. The van der Waals surface area contributed by atoms with E-state index in [2.05, 4.69) is 11.6 Å². The largest absolute Gasteiger partial charge is 0.481 e. The van der Waals surface area contributed by atoms with Crippen molar-refractivity contribution in [2.45, 2.75) is 84.5 Å². The van der Waals surface area contributed by atoms with Crippen LogP contribution >= 0.6 is 0 Å². The Morgan fingerprint density at radius 2 is 1.80 bits per heavy atom. The Morgan fingerprint density at radius 3 is 2.27 bits per heavy atom. The molecular formula is C29H44FN3O6S. The van der Waals surface area contributed by atoms with Crippen LogP contribution < -0.4 is 5.73 Å². The average Bonchev–Trinajstić information content (AvgIpc) is 2.84. The number of guanidine groups is 1. The number of rotatable bonds is 16. The first-order valence-corrected chi connectivity index (χ1v) is 15.3. The molecule has 1 aromatic carbocycles. The third-order valence-corrected chi connectivity index (χ3v) is 7.46. The molecule has 0 aliphatic rings. The lowest BCUT2D eigenvalue weighted by Gasteiger charge is -2.30. The van der Waals surface area contributed by atoms with Crippen molar-refractivity contribution < 1.29 is 32.9 Å². The normalized spacial score (nSPS) is 15.6. The number of hydrogen-bond acceptors (Lipinski definition) is 6. The molecule has 0 aromatic heterocycles. The second-order valence-electron chi connectivity index (χ2n) is 10.1. The topological polar surface area (TPSA) is 154 Å². The molecule has 0 heterocycles. The number of nitrogens with zero attached hydrogens (tertiary/aromatic N) is 2. The Hall–Kier alpha value is -3.02. The fraction of sp³-hybridized carbons (Fsp3) is 0.517. The zero-order valence-electron chi connectivity index (χ0n) is 24.0. The quantitative estimate of drug-likeness (QED) is 0.128. The fourth-order valence-electron chi connectivity index (χ4n) is 4.22. The summed E-state index contributed by atoms with van der Waals surface area (Å²) in [4.78, 5) is 15.5. The van der Waals surface area contributed by atoms with Gasteiger partial charge < -0.3 is 21.1 Å². The van der Waals surface area contributed by atoms with Crippen LogP contribution in [0.15, 0.2) is 59.3 Å². The maximum atomic E-state index is 13.6. The smallest absolute Gasteiger partial charge is 0.305 e. The Bertz CT molecular complexity index is 1190. The minimum absolute atomic E-state index is 0.204. The first kappa shape index (κ1) is 35.0. The van der Waals surface area contributed by atoms with Gasteiger partial charge in [-0.25, -0.2) is 22.1 Å². The van der Waals surface area contributed by atoms with Gasteiger partial charge >= 0.3 is 5.97 Å². The van der Waals surface area contributed by atoms with Gasteiger partial charge in [0.15, 0.2) is 0 Å². The van der Waals surface area contributed by atoms with Crippen molar-refractivity contribution in [3.63, 3.8) is 0 Å². The van der Waals surface area contributed by atoms with E-state index in [1.165, 1.54) is 36.4 Å². The number of carboxylic acids is 1. The second kappa shape index (κ2) is 16.3. The number of aliphatic carboxylic acids is 1. The number of sulfonamides is 1. The number of carboxylic acid groups (broad SMARTS) is 1. The summed E-state index contributed by atoms with van der Waals surface area (Å²) in [5.74, 6) is -2.12. The van der Waals surface area contributed by atoms with Gasteiger partial charge in [-0.1, -0.05) is 71.4 Å². The Balaban J connectivity index is 3.75. The minimum Gasteiger partial charge on any atom is -0.481 e. The molecule has 40 heavy (non-hydrogen) atoms. The highest BCUT2D eigenvalue weighted by Gasteiger charge is 2.28. The van der Waals surface area contributed by atoms with Crippen molar-refractivity contribution >= 4 is 27.5 Å². The lowest BCUT2D eigenvalue weighted by atomic mass is 9.93. The molecule has 224 valence electrons. The van der Waals surface area contributed by atoms with Crippen molar-refractivity contribution in [1.82, 2.24) is 4.31 Å². The minimum atomic E-state index is -3.77. The highest BCUT2D eigenvalue weighted by Crippen LogP contribution is 2.30. The number of carbonyl (C=O) groups is 1. The van der Waals surface area contributed by atoms with Crippen LogP contribution in [0, 0.1) is 11.7 Å². The van der Waals surface area contributed by atoms with E-state index in [-0.39, 0.29) is 24.3 Å². The molecule has 0 spiro atoms.